The van der Waals surface area contributed by atoms with Crippen molar-refractivity contribution in [2.45, 2.75) is 46.6 Å². The van der Waals surface area contributed by atoms with Gasteiger partial charge in [0.05, 0.1) is 5.92 Å². The smallest absolute Gasteiger partial charge is 0.246 e. The molecule has 0 fully saturated rings. The number of amides is 1. The zero-order valence-electron chi connectivity index (χ0n) is 12.7. The molecule has 0 aromatic carbocycles. The first-order valence-corrected chi connectivity index (χ1v) is 6.42. The molecular formula is C14H24N2O3. The van der Waals surface area contributed by atoms with Crippen molar-refractivity contribution in [2.24, 2.45) is 10.9 Å². The molecule has 0 aromatic rings. The molecule has 19 heavy (non-hydrogen) atoms. The van der Waals surface area contributed by atoms with Gasteiger partial charge in [0.1, 0.15) is 17.6 Å². The molecular weight excluding hydrogens is 244 g/mol. The van der Waals surface area contributed by atoms with Gasteiger partial charge in [0.25, 0.3) is 0 Å². The molecule has 0 bridgehead atoms. The summed E-state index contributed by atoms with van der Waals surface area (Å²) in [6.07, 6.45) is 0.815. The van der Waals surface area contributed by atoms with E-state index in [4.69, 9.17) is 0 Å². The molecule has 0 heterocycles. The number of nitrogens with zero attached hydrogens (tertiary/aromatic N) is 2. The van der Waals surface area contributed by atoms with E-state index in [9.17, 15) is 14.4 Å². The number of hydrogen-bond acceptors (Lipinski definition) is 4. The monoisotopic (exact) mass is 268 g/mol. The Balaban J connectivity index is 4.88. The summed E-state index contributed by atoms with van der Waals surface area (Å²) in [4.78, 5) is 40.1. The molecule has 0 aliphatic heterocycles. The van der Waals surface area contributed by atoms with Crippen LogP contribution in [0.3, 0.4) is 0 Å². The van der Waals surface area contributed by atoms with E-state index < -0.39 is 6.04 Å². The topological polar surface area (TPSA) is 66.8 Å². The minimum Gasteiger partial charge on any atom is -0.347 e. The zero-order valence-corrected chi connectivity index (χ0v) is 12.7. The van der Waals surface area contributed by atoms with E-state index in [2.05, 4.69) is 4.99 Å². The van der Waals surface area contributed by atoms with E-state index in [-0.39, 0.29) is 23.4 Å². The van der Waals surface area contributed by atoms with Crippen LogP contribution in [0.1, 0.15) is 40.5 Å². The predicted molar refractivity (Wildman–Crippen MR) is 75.4 cm³/mol. The molecule has 0 aliphatic rings. The molecule has 0 aromatic heterocycles. The number of likely N-dealkylation sites (N-methyl/N-ethyl adjacent to an activating group) is 1. The number of aliphatic imine (C=N–C) groups is 1. The first-order valence-electron chi connectivity index (χ1n) is 6.42. The average Bonchev–Trinajstić information content (AvgIpc) is 2.26. The lowest BCUT2D eigenvalue weighted by molar-refractivity contribution is -0.129. The molecule has 0 rings (SSSR count). The molecule has 0 N–H and O–H groups in total. The van der Waals surface area contributed by atoms with Crippen molar-refractivity contribution < 1.29 is 14.4 Å². The molecule has 5 nitrogen and oxygen atoms in total. The van der Waals surface area contributed by atoms with E-state index >= 15 is 0 Å². The van der Waals surface area contributed by atoms with E-state index in [0.29, 0.717) is 18.6 Å². The summed E-state index contributed by atoms with van der Waals surface area (Å²) in [5.41, 5.74) is 0.622. The number of ketones is 2. The SMILES string of the molecule is CC(=O)CCC(C(C)=O)C(C)=N[C@@H](C)C(=O)N(C)C. The third-order valence-corrected chi connectivity index (χ3v) is 2.98. The van der Waals surface area contributed by atoms with Gasteiger partial charge in [0.2, 0.25) is 5.91 Å². The molecule has 0 radical (unpaired) electrons. The Kier molecular flexibility index (Phi) is 7.19. The maximum atomic E-state index is 11.7. The summed E-state index contributed by atoms with van der Waals surface area (Å²) >= 11 is 0. The highest BCUT2D eigenvalue weighted by molar-refractivity contribution is 6.04. The molecule has 108 valence electrons. The van der Waals surface area contributed by atoms with Crippen LogP contribution in [0.25, 0.3) is 0 Å². The lowest BCUT2D eigenvalue weighted by atomic mass is 9.93. The fourth-order valence-corrected chi connectivity index (χ4v) is 1.88. The van der Waals surface area contributed by atoms with Gasteiger partial charge in [-0.25, -0.2) is 0 Å². The van der Waals surface area contributed by atoms with Crippen molar-refractivity contribution in [3.63, 3.8) is 0 Å². The van der Waals surface area contributed by atoms with Gasteiger partial charge in [-0.2, -0.15) is 0 Å². The minimum atomic E-state index is -0.505. The quantitative estimate of drug-likeness (QED) is 0.657. The van der Waals surface area contributed by atoms with Crippen LogP contribution in [0.4, 0.5) is 0 Å². The van der Waals surface area contributed by atoms with Gasteiger partial charge < -0.3 is 9.69 Å². The lowest BCUT2D eigenvalue weighted by Crippen LogP contribution is -2.32. The fraction of sp³-hybridized carbons (Fsp3) is 0.714. The highest BCUT2D eigenvalue weighted by Crippen LogP contribution is 2.12. The van der Waals surface area contributed by atoms with Crippen molar-refractivity contribution in [1.82, 2.24) is 4.90 Å². The standard InChI is InChI=1S/C14H24N2O3/c1-9(17)7-8-13(12(4)18)10(2)15-11(3)14(19)16(5)6/h11,13H,7-8H2,1-6H3/t11-,13?/m0/s1. The Labute approximate surface area is 115 Å². The van der Waals surface area contributed by atoms with Crippen molar-refractivity contribution in [3.8, 4) is 0 Å². The largest absolute Gasteiger partial charge is 0.347 e. The van der Waals surface area contributed by atoms with Gasteiger partial charge >= 0.3 is 0 Å². The maximum Gasteiger partial charge on any atom is 0.246 e. The van der Waals surface area contributed by atoms with Crippen LogP contribution in [0.5, 0.6) is 0 Å². The third-order valence-electron chi connectivity index (χ3n) is 2.98. The van der Waals surface area contributed by atoms with Gasteiger partial charge in [-0.3, -0.25) is 14.6 Å². The van der Waals surface area contributed by atoms with E-state index in [0.717, 1.165) is 0 Å². The van der Waals surface area contributed by atoms with Crippen LogP contribution in [0.15, 0.2) is 4.99 Å². The lowest BCUT2D eigenvalue weighted by Gasteiger charge is -2.17. The van der Waals surface area contributed by atoms with Crippen molar-refractivity contribution in [2.75, 3.05) is 14.1 Å². The summed E-state index contributed by atoms with van der Waals surface area (Å²) < 4.78 is 0. The van der Waals surface area contributed by atoms with Gasteiger partial charge in [-0.15, -0.1) is 0 Å². The Hall–Kier alpha value is -1.52. The van der Waals surface area contributed by atoms with Crippen molar-refractivity contribution in [3.05, 3.63) is 0 Å². The van der Waals surface area contributed by atoms with Crippen LogP contribution >= 0.6 is 0 Å². The van der Waals surface area contributed by atoms with Crippen LogP contribution in [0, 0.1) is 5.92 Å². The van der Waals surface area contributed by atoms with Crippen LogP contribution in [-0.4, -0.2) is 48.2 Å². The molecule has 0 saturated heterocycles. The second kappa shape index (κ2) is 7.81. The molecule has 1 unspecified atom stereocenters. The van der Waals surface area contributed by atoms with Gasteiger partial charge in [0, 0.05) is 26.2 Å². The Morgan fingerprint density at radius 1 is 1.11 bits per heavy atom. The highest BCUT2D eigenvalue weighted by Gasteiger charge is 2.21. The number of carbonyl (C=O) groups is 3. The number of Topliss-reactive ketones (excluding diaryl/α,β-unsaturated/α-hetero) is 2. The first kappa shape index (κ1) is 17.5. The summed E-state index contributed by atoms with van der Waals surface area (Å²) in [5.74, 6) is -0.446. The zero-order chi connectivity index (χ0) is 15.2. The summed E-state index contributed by atoms with van der Waals surface area (Å²) in [7, 11) is 3.34. The normalized spacial score (nSPS) is 14.7. The maximum absolute atomic E-state index is 11.7. The first-order chi connectivity index (χ1) is 8.66. The average molecular weight is 268 g/mol. The molecule has 5 heteroatoms. The number of hydrogen-bond donors (Lipinski definition) is 0. The minimum absolute atomic E-state index is 0.0213. The van der Waals surface area contributed by atoms with Gasteiger partial charge in [-0.1, -0.05) is 0 Å². The van der Waals surface area contributed by atoms with Crippen LogP contribution in [-0.2, 0) is 14.4 Å². The van der Waals surface area contributed by atoms with E-state index in [1.54, 1.807) is 27.9 Å². The summed E-state index contributed by atoms with van der Waals surface area (Å²) in [5, 5.41) is 0. The second-order valence-electron chi connectivity index (χ2n) is 5.08. The highest BCUT2D eigenvalue weighted by atomic mass is 16.2. The molecule has 0 spiro atoms. The Morgan fingerprint density at radius 3 is 2.00 bits per heavy atom. The van der Waals surface area contributed by atoms with E-state index in [1.165, 1.54) is 18.7 Å². The second-order valence-corrected chi connectivity index (χ2v) is 5.08. The van der Waals surface area contributed by atoms with Crippen LogP contribution in [0.2, 0.25) is 0 Å². The summed E-state index contributed by atoms with van der Waals surface area (Å²) in [6.45, 7) is 6.43. The van der Waals surface area contributed by atoms with Crippen LogP contribution < -0.4 is 0 Å². The number of carbonyl (C=O) groups excluding carboxylic acids is 3. The number of rotatable bonds is 7. The molecule has 1 amide bonds. The Morgan fingerprint density at radius 2 is 1.63 bits per heavy atom. The van der Waals surface area contributed by atoms with Crippen molar-refractivity contribution in [1.29, 1.82) is 0 Å². The van der Waals surface area contributed by atoms with Gasteiger partial charge in [-0.05, 0) is 34.1 Å². The van der Waals surface area contributed by atoms with Crippen molar-refractivity contribution >= 4 is 23.2 Å². The molecule has 2 atom stereocenters. The Bertz CT molecular complexity index is 386. The molecule has 0 saturated carbocycles. The van der Waals surface area contributed by atoms with Gasteiger partial charge in [0.15, 0.2) is 0 Å². The van der Waals surface area contributed by atoms with E-state index in [1.807, 2.05) is 0 Å². The summed E-state index contributed by atoms with van der Waals surface area (Å²) in [6, 6.07) is -0.505. The third kappa shape index (κ3) is 6.27. The predicted octanol–water partition coefficient (Wildman–Crippen LogP) is 1.50. The molecule has 0 aliphatic carbocycles. The fourth-order valence-electron chi connectivity index (χ4n) is 1.88.